The van der Waals surface area contributed by atoms with Crippen LogP contribution in [0.1, 0.15) is 40.7 Å². The minimum atomic E-state index is -0.608. The van der Waals surface area contributed by atoms with Crippen LogP contribution in [-0.4, -0.2) is 26.6 Å². The molecule has 0 aliphatic carbocycles. The van der Waals surface area contributed by atoms with Crippen molar-refractivity contribution in [3.05, 3.63) is 76.3 Å². The lowest BCUT2D eigenvalue weighted by molar-refractivity contribution is 0.0844. The molecule has 0 fully saturated rings. The summed E-state index contributed by atoms with van der Waals surface area (Å²) >= 11 is 0. The lowest BCUT2D eigenvalue weighted by atomic mass is 10.1. The third-order valence-electron chi connectivity index (χ3n) is 4.66. The van der Waals surface area contributed by atoms with Gasteiger partial charge in [-0.1, -0.05) is 36.4 Å². The molecule has 0 unspecified atom stereocenters. The summed E-state index contributed by atoms with van der Waals surface area (Å²) in [6, 6.07) is 13.9. The van der Waals surface area contributed by atoms with Crippen molar-refractivity contribution in [1.29, 1.82) is 0 Å². The van der Waals surface area contributed by atoms with Crippen LogP contribution in [0.15, 0.2) is 59.5 Å². The molecule has 0 bridgehead atoms. The summed E-state index contributed by atoms with van der Waals surface area (Å²) in [7, 11) is 0. The Labute approximate surface area is 165 Å². The maximum Gasteiger partial charge on any atom is 0.290 e. The Morgan fingerprint density at radius 1 is 0.931 bits per heavy atom. The van der Waals surface area contributed by atoms with Gasteiger partial charge in [0.1, 0.15) is 0 Å². The zero-order valence-electron chi connectivity index (χ0n) is 15.9. The van der Waals surface area contributed by atoms with Crippen molar-refractivity contribution in [2.24, 2.45) is 0 Å². The van der Waals surface area contributed by atoms with Gasteiger partial charge >= 0.3 is 0 Å². The fraction of sp³-hybridized carbons (Fsp3) is 0.143. The molecule has 2 aromatic carbocycles. The van der Waals surface area contributed by atoms with Crippen molar-refractivity contribution in [2.45, 2.75) is 19.9 Å². The minimum absolute atomic E-state index is 0.0631. The van der Waals surface area contributed by atoms with Gasteiger partial charge in [0, 0.05) is 22.5 Å². The van der Waals surface area contributed by atoms with Gasteiger partial charge in [-0.2, -0.15) is 5.10 Å². The Morgan fingerprint density at radius 3 is 2.28 bits per heavy atom. The SMILES string of the molecule is CC(C)n1nc(C(=O)NNC(=O)c2c[nH]c3ccccc23)c2ccccc2c1=O. The van der Waals surface area contributed by atoms with E-state index in [0.717, 1.165) is 10.9 Å². The van der Waals surface area contributed by atoms with Crippen molar-refractivity contribution >= 4 is 33.5 Å². The van der Waals surface area contributed by atoms with Crippen LogP contribution >= 0.6 is 0 Å². The summed E-state index contributed by atoms with van der Waals surface area (Å²) in [4.78, 5) is 40.9. The highest BCUT2D eigenvalue weighted by Crippen LogP contribution is 2.17. The number of amides is 2. The summed E-state index contributed by atoms with van der Waals surface area (Å²) in [5, 5.41) is 5.79. The molecule has 4 aromatic rings. The van der Waals surface area contributed by atoms with E-state index in [9.17, 15) is 14.4 Å². The van der Waals surface area contributed by atoms with Gasteiger partial charge in [-0.05, 0) is 26.0 Å². The van der Waals surface area contributed by atoms with Crippen LogP contribution in [0.2, 0.25) is 0 Å². The second-order valence-corrected chi connectivity index (χ2v) is 6.89. The molecular formula is C21H19N5O3. The van der Waals surface area contributed by atoms with Crippen molar-refractivity contribution in [2.75, 3.05) is 0 Å². The van der Waals surface area contributed by atoms with Crippen LogP contribution in [0.5, 0.6) is 0 Å². The molecule has 0 saturated heterocycles. The predicted octanol–water partition coefficient (Wildman–Crippen LogP) is 2.53. The second-order valence-electron chi connectivity index (χ2n) is 6.89. The average molecular weight is 389 g/mol. The number of aromatic amines is 1. The Kier molecular flexibility index (Phi) is 4.59. The maximum atomic E-state index is 12.8. The molecule has 8 nitrogen and oxygen atoms in total. The fourth-order valence-corrected chi connectivity index (χ4v) is 3.22. The minimum Gasteiger partial charge on any atom is -0.360 e. The number of carbonyl (C=O) groups is 2. The van der Waals surface area contributed by atoms with Gasteiger partial charge in [-0.25, -0.2) is 4.68 Å². The number of hydrogen-bond acceptors (Lipinski definition) is 4. The van der Waals surface area contributed by atoms with Gasteiger partial charge in [0.2, 0.25) is 0 Å². The summed E-state index contributed by atoms with van der Waals surface area (Å²) in [6.45, 7) is 3.62. The number of benzene rings is 2. The van der Waals surface area contributed by atoms with Crippen LogP contribution in [0.4, 0.5) is 0 Å². The molecule has 4 rings (SSSR count). The van der Waals surface area contributed by atoms with E-state index in [4.69, 9.17) is 0 Å². The molecule has 8 heteroatoms. The Hall–Kier alpha value is -3.94. The summed E-state index contributed by atoms with van der Waals surface area (Å²) in [6.07, 6.45) is 1.58. The first-order chi connectivity index (χ1) is 14.0. The van der Waals surface area contributed by atoms with Crippen molar-refractivity contribution in [1.82, 2.24) is 25.6 Å². The van der Waals surface area contributed by atoms with E-state index >= 15 is 0 Å². The summed E-state index contributed by atoms with van der Waals surface area (Å²) < 4.78 is 1.26. The number of nitrogens with zero attached hydrogens (tertiary/aromatic N) is 2. The zero-order valence-corrected chi connectivity index (χ0v) is 15.9. The van der Waals surface area contributed by atoms with Crippen LogP contribution in [0.3, 0.4) is 0 Å². The number of fused-ring (bicyclic) bond motifs is 2. The van der Waals surface area contributed by atoms with Gasteiger partial charge in [0.25, 0.3) is 17.4 Å². The monoisotopic (exact) mass is 389 g/mol. The quantitative estimate of drug-likeness (QED) is 0.468. The highest BCUT2D eigenvalue weighted by Gasteiger charge is 2.19. The predicted molar refractivity (Wildman–Crippen MR) is 110 cm³/mol. The molecule has 0 spiro atoms. The average Bonchev–Trinajstić information content (AvgIpc) is 3.16. The van der Waals surface area contributed by atoms with E-state index in [1.54, 1.807) is 30.5 Å². The number of nitrogens with one attached hydrogen (secondary N) is 3. The molecule has 0 saturated carbocycles. The van der Waals surface area contributed by atoms with E-state index < -0.39 is 11.8 Å². The molecule has 0 aliphatic heterocycles. The molecule has 146 valence electrons. The van der Waals surface area contributed by atoms with Crippen molar-refractivity contribution in [3.8, 4) is 0 Å². The molecular weight excluding hydrogens is 370 g/mol. The van der Waals surface area contributed by atoms with Crippen LogP contribution < -0.4 is 16.4 Å². The third-order valence-corrected chi connectivity index (χ3v) is 4.66. The third kappa shape index (κ3) is 3.25. The van der Waals surface area contributed by atoms with E-state index in [1.165, 1.54) is 4.68 Å². The Morgan fingerprint density at radius 2 is 1.55 bits per heavy atom. The number of hydrazine groups is 1. The standard InChI is InChI=1S/C21H19N5O3/c1-12(2)26-21(29)15-9-4-3-8-14(15)18(25-26)20(28)24-23-19(27)16-11-22-17-10-6-5-7-13(16)17/h3-12,22H,1-2H3,(H,23,27)(H,24,28). The number of carbonyl (C=O) groups excluding carboxylic acids is 2. The zero-order chi connectivity index (χ0) is 20.5. The number of hydrogen-bond donors (Lipinski definition) is 3. The first-order valence-corrected chi connectivity index (χ1v) is 9.15. The van der Waals surface area contributed by atoms with E-state index in [1.807, 2.05) is 38.1 Å². The first kappa shape index (κ1) is 18.4. The lowest BCUT2D eigenvalue weighted by Gasteiger charge is -2.13. The topological polar surface area (TPSA) is 109 Å². The van der Waals surface area contributed by atoms with E-state index in [-0.39, 0.29) is 17.3 Å². The highest BCUT2D eigenvalue weighted by atomic mass is 16.2. The molecule has 2 heterocycles. The fourth-order valence-electron chi connectivity index (χ4n) is 3.22. The molecule has 0 radical (unpaired) electrons. The van der Waals surface area contributed by atoms with Gasteiger partial charge in [-0.15, -0.1) is 0 Å². The van der Waals surface area contributed by atoms with Crippen LogP contribution in [0, 0.1) is 0 Å². The number of rotatable bonds is 3. The Balaban J connectivity index is 1.63. The van der Waals surface area contributed by atoms with Gasteiger partial charge < -0.3 is 4.98 Å². The second kappa shape index (κ2) is 7.23. The summed E-state index contributed by atoms with van der Waals surface area (Å²) in [5.74, 6) is -1.07. The van der Waals surface area contributed by atoms with Gasteiger partial charge in [-0.3, -0.25) is 25.2 Å². The van der Waals surface area contributed by atoms with Gasteiger partial charge in [0.15, 0.2) is 5.69 Å². The molecule has 0 atom stereocenters. The largest absolute Gasteiger partial charge is 0.360 e. The van der Waals surface area contributed by atoms with Gasteiger partial charge in [0.05, 0.1) is 17.0 Å². The molecule has 2 aromatic heterocycles. The highest BCUT2D eigenvalue weighted by molar-refractivity contribution is 6.09. The normalized spacial score (nSPS) is 11.1. The molecule has 2 amide bonds. The van der Waals surface area contributed by atoms with Crippen molar-refractivity contribution < 1.29 is 9.59 Å². The first-order valence-electron chi connectivity index (χ1n) is 9.15. The van der Waals surface area contributed by atoms with Crippen LogP contribution in [0.25, 0.3) is 21.7 Å². The molecule has 0 aliphatic rings. The van der Waals surface area contributed by atoms with Crippen LogP contribution in [-0.2, 0) is 0 Å². The van der Waals surface area contributed by atoms with E-state index in [2.05, 4.69) is 20.9 Å². The summed E-state index contributed by atoms with van der Waals surface area (Å²) in [5.41, 5.74) is 5.84. The van der Waals surface area contributed by atoms with E-state index in [0.29, 0.717) is 16.3 Å². The molecule has 3 N–H and O–H groups in total. The maximum absolute atomic E-state index is 12.8. The number of H-pyrrole nitrogens is 1. The Bertz CT molecular complexity index is 1300. The number of para-hydroxylation sites is 1. The molecule has 29 heavy (non-hydrogen) atoms. The van der Waals surface area contributed by atoms with Crippen molar-refractivity contribution in [3.63, 3.8) is 0 Å². The lowest BCUT2D eigenvalue weighted by Crippen LogP contribution is -2.42. The number of aromatic nitrogens is 3. The smallest absolute Gasteiger partial charge is 0.290 e.